The highest BCUT2D eigenvalue weighted by molar-refractivity contribution is 5.43. The molecule has 1 N–H and O–H groups in total. The molecule has 0 amide bonds. The molecular formula is C5H3N3O2. The normalized spacial score (nSPS) is 8.70. The van der Waals surface area contributed by atoms with E-state index in [0.29, 0.717) is 0 Å². The van der Waals surface area contributed by atoms with Crippen molar-refractivity contribution in [2.24, 2.45) is 0 Å². The predicted molar refractivity (Wildman–Crippen MR) is 32.2 cm³/mol. The number of hydrogen-bond donors (Lipinski definition) is 1. The molecule has 0 radical (unpaired) electrons. The van der Waals surface area contributed by atoms with E-state index >= 15 is 0 Å². The van der Waals surface area contributed by atoms with Gasteiger partial charge < -0.3 is 4.98 Å². The SMILES string of the molecule is N#Cc1[nH]ccc1[N+](=O)[O-]. The molecule has 0 aliphatic heterocycles. The van der Waals surface area contributed by atoms with Gasteiger partial charge in [-0.05, 0) is 0 Å². The van der Waals surface area contributed by atoms with Crippen molar-refractivity contribution in [1.29, 1.82) is 5.26 Å². The average molecular weight is 137 g/mol. The summed E-state index contributed by atoms with van der Waals surface area (Å²) in [6, 6.07) is 2.91. The molecule has 10 heavy (non-hydrogen) atoms. The van der Waals surface area contributed by atoms with Gasteiger partial charge in [0.05, 0.1) is 4.92 Å². The Hall–Kier alpha value is -1.83. The largest absolute Gasteiger partial charge is 0.347 e. The summed E-state index contributed by atoms with van der Waals surface area (Å²) in [4.78, 5) is 11.9. The van der Waals surface area contributed by atoms with Gasteiger partial charge >= 0.3 is 5.69 Å². The zero-order chi connectivity index (χ0) is 7.56. The number of hydrogen-bond acceptors (Lipinski definition) is 3. The third-order valence-electron chi connectivity index (χ3n) is 1.03. The molecule has 1 rings (SSSR count). The van der Waals surface area contributed by atoms with Crippen molar-refractivity contribution in [3.63, 3.8) is 0 Å². The Kier molecular flexibility index (Phi) is 1.38. The molecule has 50 valence electrons. The topological polar surface area (TPSA) is 82.7 Å². The number of H-pyrrole nitrogens is 1. The first kappa shape index (κ1) is 6.29. The summed E-state index contributed by atoms with van der Waals surface area (Å²) >= 11 is 0. The van der Waals surface area contributed by atoms with E-state index in [2.05, 4.69) is 4.98 Å². The van der Waals surface area contributed by atoms with Crippen molar-refractivity contribution in [2.75, 3.05) is 0 Å². The van der Waals surface area contributed by atoms with Gasteiger partial charge in [-0.3, -0.25) is 10.1 Å². The number of nitriles is 1. The molecule has 0 atom stereocenters. The monoisotopic (exact) mass is 137 g/mol. The molecule has 0 saturated carbocycles. The van der Waals surface area contributed by atoms with Crippen LogP contribution in [0.4, 0.5) is 5.69 Å². The summed E-state index contributed by atoms with van der Waals surface area (Å²) in [6.45, 7) is 0. The van der Waals surface area contributed by atoms with E-state index in [-0.39, 0.29) is 11.4 Å². The number of aromatic nitrogens is 1. The molecule has 0 bridgehead atoms. The Morgan fingerprint density at radius 1 is 1.80 bits per heavy atom. The van der Waals surface area contributed by atoms with Gasteiger partial charge in [0.15, 0.2) is 5.69 Å². The first-order chi connectivity index (χ1) is 4.75. The Balaban J connectivity index is 3.17. The Morgan fingerprint density at radius 3 is 2.90 bits per heavy atom. The lowest BCUT2D eigenvalue weighted by Crippen LogP contribution is -1.87. The second-order valence-corrected chi connectivity index (χ2v) is 1.61. The molecule has 5 nitrogen and oxygen atoms in total. The zero-order valence-electron chi connectivity index (χ0n) is 4.87. The summed E-state index contributed by atoms with van der Waals surface area (Å²) in [6.07, 6.45) is 1.36. The van der Waals surface area contributed by atoms with Crippen LogP contribution >= 0.6 is 0 Å². The molecule has 5 heteroatoms. The lowest BCUT2D eigenvalue weighted by molar-refractivity contribution is -0.385. The third kappa shape index (κ3) is 0.821. The van der Waals surface area contributed by atoms with Gasteiger partial charge in [0.1, 0.15) is 6.07 Å². The Morgan fingerprint density at radius 2 is 2.50 bits per heavy atom. The second kappa shape index (κ2) is 2.19. The highest BCUT2D eigenvalue weighted by Gasteiger charge is 2.12. The van der Waals surface area contributed by atoms with Crippen LogP contribution in [0.25, 0.3) is 0 Å². The van der Waals surface area contributed by atoms with Crippen LogP contribution in [0.2, 0.25) is 0 Å². The fourth-order valence-electron chi connectivity index (χ4n) is 0.603. The summed E-state index contributed by atoms with van der Waals surface area (Å²) in [5.74, 6) is 0. The Labute approximate surface area is 56.1 Å². The summed E-state index contributed by atoms with van der Waals surface area (Å²) in [5, 5.41) is 18.3. The fourth-order valence-corrected chi connectivity index (χ4v) is 0.603. The van der Waals surface area contributed by atoms with Gasteiger partial charge in [-0.25, -0.2) is 0 Å². The van der Waals surface area contributed by atoms with E-state index in [1.807, 2.05) is 0 Å². The number of nitro groups is 1. The molecule has 0 aliphatic carbocycles. The minimum Gasteiger partial charge on any atom is -0.347 e. The first-order valence-corrected chi connectivity index (χ1v) is 2.47. The second-order valence-electron chi connectivity index (χ2n) is 1.61. The van der Waals surface area contributed by atoms with Crippen LogP contribution in [-0.2, 0) is 0 Å². The maximum absolute atomic E-state index is 10.1. The van der Waals surface area contributed by atoms with E-state index in [4.69, 9.17) is 5.26 Å². The molecule has 0 spiro atoms. The van der Waals surface area contributed by atoms with Crippen LogP contribution in [0.15, 0.2) is 12.3 Å². The van der Waals surface area contributed by atoms with Crippen LogP contribution in [0, 0.1) is 21.4 Å². The van der Waals surface area contributed by atoms with Crippen LogP contribution in [-0.4, -0.2) is 9.91 Å². The molecule has 0 fully saturated rings. The number of nitrogens with zero attached hydrogens (tertiary/aromatic N) is 2. The zero-order valence-corrected chi connectivity index (χ0v) is 4.87. The van der Waals surface area contributed by atoms with Gasteiger partial charge in [-0.15, -0.1) is 0 Å². The van der Waals surface area contributed by atoms with Gasteiger partial charge in [0.2, 0.25) is 0 Å². The van der Waals surface area contributed by atoms with Crippen LogP contribution < -0.4 is 0 Å². The van der Waals surface area contributed by atoms with E-state index in [1.165, 1.54) is 12.3 Å². The maximum atomic E-state index is 10.1. The van der Waals surface area contributed by atoms with Crippen molar-refractivity contribution in [2.45, 2.75) is 0 Å². The van der Waals surface area contributed by atoms with Crippen LogP contribution in [0.3, 0.4) is 0 Å². The van der Waals surface area contributed by atoms with Gasteiger partial charge in [0, 0.05) is 12.3 Å². The number of rotatable bonds is 1. The lowest BCUT2D eigenvalue weighted by atomic mass is 10.4. The molecule has 1 aromatic heterocycles. The van der Waals surface area contributed by atoms with Gasteiger partial charge in [0.25, 0.3) is 0 Å². The molecule has 1 heterocycles. The predicted octanol–water partition coefficient (Wildman–Crippen LogP) is 0.795. The maximum Gasteiger partial charge on any atom is 0.304 e. The Bertz CT molecular complexity index is 296. The molecule has 0 saturated heterocycles. The van der Waals surface area contributed by atoms with E-state index in [9.17, 15) is 10.1 Å². The summed E-state index contributed by atoms with van der Waals surface area (Å²) in [5.41, 5.74) is -0.187. The molecule has 0 unspecified atom stereocenters. The van der Waals surface area contributed by atoms with Gasteiger partial charge in [-0.2, -0.15) is 5.26 Å². The van der Waals surface area contributed by atoms with Crippen molar-refractivity contribution < 1.29 is 4.92 Å². The van der Waals surface area contributed by atoms with Crippen LogP contribution in [0.5, 0.6) is 0 Å². The standard InChI is InChI=1S/C5H3N3O2/c6-3-4-5(8(9)10)1-2-7-4/h1-2,7H. The number of nitrogens with one attached hydrogen (secondary N) is 1. The summed E-state index contributed by atoms with van der Waals surface area (Å²) < 4.78 is 0. The van der Waals surface area contributed by atoms with Gasteiger partial charge in [-0.1, -0.05) is 0 Å². The first-order valence-electron chi connectivity index (χ1n) is 2.47. The quantitative estimate of drug-likeness (QED) is 0.458. The molecular weight excluding hydrogens is 134 g/mol. The van der Waals surface area contributed by atoms with E-state index in [0.717, 1.165) is 0 Å². The molecule has 0 aliphatic rings. The third-order valence-corrected chi connectivity index (χ3v) is 1.03. The number of aromatic amines is 1. The lowest BCUT2D eigenvalue weighted by Gasteiger charge is -1.82. The van der Waals surface area contributed by atoms with Crippen LogP contribution in [0.1, 0.15) is 5.69 Å². The van der Waals surface area contributed by atoms with Crippen molar-refractivity contribution in [3.05, 3.63) is 28.1 Å². The highest BCUT2D eigenvalue weighted by Crippen LogP contribution is 2.13. The smallest absolute Gasteiger partial charge is 0.304 e. The highest BCUT2D eigenvalue weighted by atomic mass is 16.6. The summed E-state index contributed by atoms with van der Waals surface area (Å²) in [7, 11) is 0. The van der Waals surface area contributed by atoms with Crippen molar-refractivity contribution >= 4 is 5.69 Å². The minimum absolute atomic E-state index is 0.00926. The minimum atomic E-state index is -0.602. The van der Waals surface area contributed by atoms with Crippen molar-refractivity contribution in [1.82, 2.24) is 4.98 Å². The molecule has 1 aromatic rings. The van der Waals surface area contributed by atoms with E-state index < -0.39 is 4.92 Å². The average Bonchev–Trinajstić information content (AvgIpc) is 2.33. The fraction of sp³-hybridized carbons (Fsp3) is 0. The van der Waals surface area contributed by atoms with Crippen molar-refractivity contribution in [3.8, 4) is 6.07 Å². The van der Waals surface area contributed by atoms with E-state index in [1.54, 1.807) is 6.07 Å². The molecule has 0 aromatic carbocycles.